The van der Waals surface area contributed by atoms with Crippen LogP contribution < -0.4 is 16.2 Å². The normalized spacial score (nSPS) is 10.2. The highest BCUT2D eigenvalue weighted by Crippen LogP contribution is 2.31. The molecule has 2 aromatic rings. The SMILES string of the molecule is NC(=O)c1ccc(Oc2ccc(Br)cc2F)c(N)c1. The Bertz CT molecular complexity index is 647. The van der Waals surface area contributed by atoms with Gasteiger partial charge in [-0.15, -0.1) is 0 Å². The molecule has 0 saturated heterocycles. The fraction of sp³-hybridized carbons (Fsp3) is 0. The van der Waals surface area contributed by atoms with Gasteiger partial charge in [0, 0.05) is 10.0 Å². The molecule has 0 aromatic heterocycles. The third-order valence-electron chi connectivity index (χ3n) is 2.41. The maximum absolute atomic E-state index is 13.6. The Hall–Kier alpha value is -2.08. The molecule has 0 bridgehead atoms. The van der Waals surface area contributed by atoms with Gasteiger partial charge in [0.15, 0.2) is 17.3 Å². The third-order valence-corrected chi connectivity index (χ3v) is 2.90. The highest BCUT2D eigenvalue weighted by Gasteiger charge is 2.09. The van der Waals surface area contributed by atoms with E-state index >= 15 is 0 Å². The summed E-state index contributed by atoms with van der Waals surface area (Å²) in [4.78, 5) is 11.0. The zero-order valence-electron chi connectivity index (χ0n) is 9.69. The summed E-state index contributed by atoms with van der Waals surface area (Å²) in [5.74, 6) is -0.811. The number of nitrogen functional groups attached to an aromatic ring is 1. The molecule has 98 valence electrons. The monoisotopic (exact) mass is 324 g/mol. The van der Waals surface area contributed by atoms with Crippen LogP contribution >= 0.6 is 15.9 Å². The maximum atomic E-state index is 13.6. The molecule has 4 N–H and O–H groups in total. The van der Waals surface area contributed by atoms with Crippen molar-refractivity contribution in [2.75, 3.05) is 5.73 Å². The number of hydrogen-bond donors (Lipinski definition) is 2. The van der Waals surface area contributed by atoms with Gasteiger partial charge in [-0.3, -0.25) is 4.79 Å². The first-order valence-corrected chi connectivity index (χ1v) is 6.09. The molecule has 2 rings (SSSR count). The lowest BCUT2D eigenvalue weighted by Gasteiger charge is -2.10. The van der Waals surface area contributed by atoms with Crippen LogP contribution in [0.15, 0.2) is 40.9 Å². The van der Waals surface area contributed by atoms with Gasteiger partial charge in [-0.05, 0) is 36.4 Å². The summed E-state index contributed by atoms with van der Waals surface area (Å²) < 4.78 is 19.6. The van der Waals surface area contributed by atoms with E-state index in [1.54, 1.807) is 6.07 Å². The molecule has 1 amide bonds. The second-order valence-electron chi connectivity index (χ2n) is 3.79. The average Bonchev–Trinajstić information content (AvgIpc) is 2.34. The highest BCUT2D eigenvalue weighted by molar-refractivity contribution is 9.10. The van der Waals surface area contributed by atoms with Crippen LogP contribution in [0.5, 0.6) is 11.5 Å². The fourth-order valence-corrected chi connectivity index (χ4v) is 1.80. The average molecular weight is 325 g/mol. The lowest BCUT2D eigenvalue weighted by molar-refractivity contribution is 0.100. The maximum Gasteiger partial charge on any atom is 0.248 e. The summed E-state index contributed by atoms with van der Waals surface area (Å²) in [6, 6.07) is 8.71. The van der Waals surface area contributed by atoms with E-state index in [9.17, 15) is 9.18 Å². The smallest absolute Gasteiger partial charge is 0.248 e. The zero-order valence-corrected chi connectivity index (χ0v) is 11.3. The number of nitrogens with two attached hydrogens (primary N) is 2. The van der Waals surface area contributed by atoms with Gasteiger partial charge in [-0.2, -0.15) is 0 Å². The van der Waals surface area contributed by atoms with E-state index in [-0.39, 0.29) is 22.7 Å². The molecule has 0 saturated carbocycles. The summed E-state index contributed by atoms with van der Waals surface area (Å²) in [7, 11) is 0. The minimum absolute atomic E-state index is 0.0433. The summed E-state index contributed by atoms with van der Waals surface area (Å²) in [6.45, 7) is 0. The Labute approximate surface area is 117 Å². The van der Waals surface area contributed by atoms with Crippen LogP contribution in [0.1, 0.15) is 10.4 Å². The van der Waals surface area contributed by atoms with Crippen molar-refractivity contribution in [1.29, 1.82) is 0 Å². The second kappa shape index (κ2) is 5.27. The highest BCUT2D eigenvalue weighted by atomic mass is 79.9. The molecular formula is C13H10BrFN2O2. The van der Waals surface area contributed by atoms with Crippen molar-refractivity contribution in [1.82, 2.24) is 0 Å². The van der Waals surface area contributed by atoms with Crippen LogP contribution in [0.3, 0.4) is 0 Å². The summed E-state index contributed by atoms with van der Waals surface area (Å²) >= 11 is 3.15. The van der Waals surface area contributed by atoms with Crippen LogP contribution in [0, 0.1) is 5.82 Å². The largest absolute Gasteiger partial charge is 0.452 e. The second-order valence-corrected chi connectivity index (χ2v) is 4.71. The number of halogens is 2. The van der Waals surface area contributed by atoms with Crippen molar-refractivity contribution >= 4 is 27.5 Å². The standard InChI is InChI=1S/C13H10BrFN2O2/c14-8-2-4-11(9(15)6-8)19-12-3-1-7(13(17)18)5-10(12)16/h1-6H,16H2,(H2,17,18). The van der Waals surface area contributed by atoms with Gasteiger partial charge >= 0.3 is 0 Å². The van der Waals surface area contributed by atoms with Crippen molar-refractivity contribution in [3.8, 4) is 11.5 Å². The summed E-state index contributed by atoms with van der Waals surface area (Å²) in [6.07, 6.45) is 0. The Morgan fingerprint density at radius 3 is 2.42 bits per heavy atom. The van der Waals surface area contributed by atoms with Gasteiger partial charge < -0.3 is 16.2 Å². The topological polar surface area (TPSA) is 78.3 Å². The molecule has 4 nitrogen and oxygen atoms in total. The summed E-state index contributed by atoms with van der Waals surface area (Å²) in [5.41, 5.74) is 11.3. The van der Waals surface area contributed by atoms with Crippen LogP contribution in [0.4, 0.5) is 10.1 Å². The molecule has 0 radical (unpaired) electrons. The number of rotatable bonds is 3. The van der Waals surface area contributed by atoms with Gasteiger partial charge in [-0.25, -0.2) is 4.39 Å². The van der Waals surface area contributed by atoms with E-state index in [0.717, 1.165) is 0 Å². The minimum Gasteiger partial charge on any atom is -0.452 e. The first-order valence-electron chi connectivity index (χ1n) is 5.29. The lowest BCUT2D eigenvalue weighted by Crippen LogP contribution is -2.11. The number of primary amides is 1. The minimum atomic E-state index is -0.590. The van der Waals surface area contributed by atoms with Gasteiger partial charge in [0.05, 0.1) is 5.69 Å². The predicted octanol–water partition coefficient (Wildman–Crippen LogP) is 3.06. The van der Waals surface area contributed by atoms with Crippen molar-refractivity contribution in [2.45, 2.75) is 0 Å². The van der Waals surface area contributed by atoms with Gasteiger partial charge in [-0.1, -0.05) is 15.9 Å². The molecule has 19 heavy (non-hydrogen) atoms. The van der Waals surface area contributed by atoms with Gasteiger partial charge in [0.1, 0.15) is 0 Å². The predicted molar refractivity (Wildman–Crippen MR) is 73.5 cm³/mol. The quantitative estimate of drug-likeness (QED) is 0.851. The van der Waals surface area contributed by atoms with Crippen molar-refractivity contribution in [2.24, 2.45) is 5.73 Å². The van der Waals surface area contributed by atoms with Crippen molar-refractivity contribution in [3.05, 3.63) is 52.3 Å². The molecule has 2 aromatic carbocycles. The van der Waals surface area contributed by atoms with E-state index in [1.165, 1.54) is 30.3 Å². The van der Waals surface area contributed by atoms with Gasteiger partial charge in [0.2, 0.25) is 5.91 Å². The number of anilines is 1. The van der Waals surface area contributed by atoms with E-state index in [2.05, 4.69) is 15.9 Å². The molecule has 0 atom stereocenters. The van der Waals surface area contributed by atoms with E-state index in [4.69, 9.17) is 16.2 Å². The van der Waals surface area contributed by atoms with Crippen LogP contribution in [-0.4, -0.2) is 5.91 Å². The first kappa shape index (κ1) is 13.4. The Morgan fingerprint density at radius 2 is 1.84 bits per heavy atom. The fourth-order valence-electron chi connectivity index (χ4n) is 1.47. The molecule has 0 aliphatic carbocycles. The Morgan fingerprint density at radius 1 is 1.16 bits per heavy atom. The number of ether oxygens (including phenoxy) is 1. The molecule has 0 unspecified atom stereocenters. The molecule has 0 spiro atoms. The number of amides is 1. The Kier molecular flexibility index (Phi) is 3.71. The Balaban J connectivity index is 2.31. The van der Waals surface area contributed by atoms with E-state index in [0.29, 0.717) is 4.47 Å². The van der Waals surface area contributed by atoms with Crippen LogP contribution in [0.25, 0.3) is 0 Å². The number of benzene rings is 2. The third kappa shape index (κ3) is 3.03. The van der Waals surface area contributed by atoms with Crippen LogP contribution in [-0.2, 0) is 0 Å². The first-order chi connectivity index (χ1) is 8.97. The summed E-state index contributed by atoms with van der Waals surface area (Å²) in [5, 5.41) is 0. The van der Waals surface area contributed by atoms with Crippen LogP contribution in [0.2, 0.25) is 0 Å². The number of carbonyl (C=O) groups excluding carboxylic acids is 1. The number of carbonyl (C=O) groups is 1. The molecule has 0 aliphatic heterocycles. The molecule has 0 fully saturated rings. The molecular weight excluding hydrogens is 315 g/mol. The molecule has 0 aliphatic rings. The van der Waals surface area contributed by atoms with Crippen molar-refractivity contribution in [3.63, 3.8) is 0 Å². The van der Waals surface area contributed by atoms with Crippen molar-refractivity contribution < 1.29 is 13.9 Å². The number of hydrogen-bond acceptors (Lipinski definition) is 3. The van der Waals surface area contributed by atoms with E-state index < -0.39 is 11.7 Å². The zero-order chi connectivity index (χ0) is 14.0. The van der Waals surface area contributed by atoms with E-state index in [1.807, 2.05) is 0 Å². The molecule has 6 heteroatoms. The lowest BCUT2D eigenvalue weighted by atomic mass is 10.2. The van der Waals surface area contributed by atoms with Gasteiger partial charge in [0.25, 0.3) is 0 Å². The molecule has 0 heterocycles.